The van der Waals surface area contributed by atoms with Crippen molar-refractivity contribution in [2.45, 2.75) is 18.9 Å². The van der Waals surface area contributed by atoms with Gasteiger partial charge >= 0.3 is 5.97 Å². The summed E-state index contributed by atoms with van der Waals surface area (Å²) in [5.41, 5.74) is 1.45. The third-order valence-corrected chi connectivity index (χ3v) is 2.53. The third kappa shape index (κ3) is 1.53. The Labute approximate surface area is 82.2 Å². The second kappa shape index (κ2) is 3.84. The summed E-state index contributed by atoms with van der Waals surface area (Å²) in [4.78, 5) is 11.3. The lowest BCUT2D eigenvalue weighted by Gasteiger charge is -2.08. The van der Waals surface area contributed by atoms with E-state index in [1.54, 1.807) is 6.26 Å². The van der Waals surface area contributed by atoms with Crippen LogP contribution >= 0.6 is 0 Å². The number of nitrogens with one attached hydrogen (secondary N) is 1. The van der Waals surface area contributed by atoms with Gasteiger partial charge in [-0.1, -0.05) is 0 Å². The lowest BCUT2D eigenvalue weighted by molar-refractivity contribution is 0.0598. The van der Waals surface area contributed by atoms with Crippen molar-refractivity contribution in [3.05, 3.63) is 23.7 Å². The van der Waals surface area contributed by atoms with Crippen LogP contribution in [-0.4, -0.2) is 19.6 Å². The molecular weight excluding hydrogens is 182 g/mol. The fourth-order valence-corrected chi connectivity index (χ4v) is 1.80. The monoisotopic (exact) mass is 195 g/mol. The fraction of sp³-hybridized carbons (Fsp3) is 0.500. The number of esters is 1. The van der Waals surface area contributed by atoms with Crippen molar-refractivity contribution in [3.63, 3.8) is 0 Å². The molecule has 0 amide bonds. The zero-order chi connectivity index (χ0) is 9.97. The molecule has 4 nitrogen and oxygen atoms in total. The van der Waals surface area contributed by atoms with Gasteiger partial charge in [0.05, 0.1) is 13.4 Å². The fourth-order valence-electron chi connectivity index (χ4n) is 1.80. The van der Waals surface area contributed by atoms with Crippen molar-refractivity contribution in [1.29, 1.82) is 0 Å². The average Bonchev–Trinajstić information content (AvgIpc) is 2.85. The molecule has 0 spiro atoms. The number of rotatable bonds is 2. The highest BCUT2D eigenvalue weighted by molar-refractivity contribution is 5.90. The van der Waals surface area contributed by atoms with Gasteiger partial charge in [-0.2, -0.15) is 0 Å². The van der Waals surface area contributed by atoms with Crippen LogP contribution in [0.2, 0.25) is 0 Å². The Hall–Kier alpha value is -1.29. The van der Waals surface area contributed by atoms with Crippen LogP contribution in [-0.2, 0) is 4.74 Å². The van der Waals surface area contributed by atoms with Crippen LogP contribution < -0.4 is 5.32 Å². The number of hydrogen-bond acceptors (Lipinski definition) is 4. The van der Waals surface area contributed by atoms with Gasteiger partial charge in [0, 0.05) is 11.6 Å². The van der Waals surface area contributed by atoms with Gasteiger partial charge in [-0.3, -0.25) is 0 Å². The first-order valence-corrected chi connectivity index (χ1v) is 4.70. The van der Waals surface area contributed by atoms with Crippen LogP contribution in [0.3, 0.4) is 0 Å². The lowest BCUT2D eigenvalue weighted by Crippen LogP contribution is -2.15. The number of hydrogen-bond donors (Lipinski definition) is 1. The summed E-state index contributed by atoms with van der Waals surface area (Å²) in [5.74, 6) is -0.331. The highest BCUT2D eigenvalue weighted by Crippen LogP contribution is 2.27. The largest absolute Gasteiger partial charge is 0.471 e. The van der Waals surface area contributed by atoms with Crippen molar-refractivity contribution in [3.8, 4) is 0 Å². The molecule has 1 aliphatic rings. The van der Waals surface area contributed by atoms with Gasteiger partial charge in [0.2, 0.25) is 0 Å². The predicted molar refractivity (Wildman–Crippen MR) is 50.0 cm³/mol. The van der Waals surface area contributed by atoms with E-state index in [1.807, 2.05) is 0 Å². The van der Waals surface area contributed by atoms with Crippen molar-refractivity contribution in [2.75, 3.05) is 13.7 Å². The summed E-state index contributed by atoms with van der Waals surface area (Å²) >= 11 is 0. The molecule has 76 valence electrons. The first-order valence-electron chi connectivity index (χ1n) is 4.70. The quantitative estimate of drug-likeness (QED) is 0.726. The Bertz CT molecular complexity index is 326. The van der Waals surface area contributed by atoms with Crippen molar-refractivity contribution >= 4 is 5.97 Å². The maximum Gasteiger partial charge on any atom is 0.341 e. The second-order valence-electron chi connectivity index (χ2n) is 3.38. The number of carbonyl (C=O) groups excluding carboxylic acids is 1. The standard InChI is InChI=1S/C10H13NO3/c1-13-10(12)8-6-14-5-7(8)9-3-2-4-11-9/h5-6,9,11H,2-4H2,1H3/t9-/m0/s1. The van der Waals surface area contributed by atoms with E-state index in [0.717, 1.165) is 24.9 Å². The normalized spacial score (nSPS) is 21.1. The number of carbonyl (C=O) groups is 1. The maximum atomic E-state index is 11.3. The highest BCUT2D eigenvalue weighted by atomic mass is 16.5. The third-order valence-electron chi connectivity index (χ3n) is 2.53. The molecule has 14 heavy (non-hydrogen) atoms. The summed E-state index contributed by atoms with van der Waals surface area (Å²) in [5, 5.41) is 3.31. The van der Waals surface area contributed by atoms with Crippen molar-refractivity contribution in [1.82, 2.24) is 5.32 Å². The SMILES string of the molecule is COC(=O)c1cocc1[C@@H]1CCCN1. The number of ether oxygens (including phenoxy) is 1. The molecule has 0 aliphatic carbocycles. The van der Waals surface area contributed by atoms with Gasteiger partial charge in [-0.05, 0) is 19.4 Å². The lowest BCUT2D eigenvalue weighted by atomic mass is 10.0. The molecule has 1 atom stereocenters. The second-order valence-corrected chi connectivity index (χ2v) is 3.38. The highest BCUT2D eigenvalue weighted by Gasteiger charge is 2.24. The minimum atomic E-state index is -0.331. The molecule has 1 fully saturated rings. The molecule has 1 saturated heterocycles. The molecule has 0 radical (unpaired) electrons. The molecular formula is C10H13NO3. The molecule has 0 aromatic carbocycles. The Balaban J connectivity index is 2.24. The van der Waals surface area contributed by atoms with Gasteiger partial charge in [-0.25, -0.2) is 4.79 Å². The van der Waals surface area contributed by atoms with Gasteiger partial charge in [0.1, 0.15) is 11.8 Å². The van der Waals surface area contributed by atoms with Gasteiger partial charge in [-0.15, -0.1) is 0 Å². The van der Waals surface area contributed by atoms with Crippen molar-refractivity contribution < 1.29 is 13.9 Å². The summed E-state index contributed by atoms with van der Waals surface area (Å²) < 4.78 is 9.71. The van der Waals surface area contributed by atoms with Crippen LogP contribution in [0.25, 0.3) is 0 Å². The van der Waals surface area contributed by atoms with E-state index in [-0.39, 0.29) is 12.0 Å². The van der Waals surface area contributed by atoms with Crippen molar-refractivity contribution in [2.24, 2.45) is 0 Å². The Morgan fingerprint density at radius 3 is 3.14 bits per heavy atom. The average molecular weight is 195 g/mol. The topological polar surface area (TPSA) is 51.5 Å². The van der Waals surface area contributed by atoms with E-state index < -0.39 is 0 Å². The summed E-state index contributed by atoms with van der Waals surface area (Å²) in [6.07, 6.45) is 5.25. The summed E-state index contributed by atoms with van der Waals surface area (Å²) in [7, 11) is 1.38. The molecule has 4 heteroatoms. The Kier molecular flexibility index (Phi) is 2.54. The van der Waals surface area contributed by atoms with Crippen LogP contribution in [0.1, 0.15) is 34.8 Å². The van der Waals surface area contributed by atoms with E-state index >= 15 is 0 Å². The van der Waals surface area contributed by atoms with Gasteiger partial charge < -0.3 is 14.5 Å². The molecule has 1 aromatic rings. The first-order chi connectivity index (χ1) is 6.83. The summed E-state index contributed by atoms with van der Waals surface area (Å²) in [6.45, 7) is 0.996. The summed E-state index contributed by atoms with van der Waals surface area (Å²) in [6, 6.07) is 0.239. The van der Waals surface area contributed by atoms with Crippen LogP contribution in [0, 0.1) is 0 Å². The molecule has 2 heterocycles. The molecule has 1 aliphatic heterocycles. The molecule has 0 saturated carbocycles. The molecule has 2 rings (SSSR count). The molecule has 1 aromatic heterocycles. The molecule has 0 bridgehead atoms. The number of methoxy groups -OCH3 is 1. The maximum absolute atomic E-state index is 11.3. The van der Waals surface area contributed by atoms with E-state index in [2.05, 4.69) is 10.1 Å². The van der Waals surface area contributed by atoms with Gasteiger partial charge in [0.15, 0.2) is 0 Å². The Morgan fingerprint density at radius 2 is 2.50 bits per heavy atom. The first kappa shape index (κ1) is 9.27. The van der Waals surface area contributed by atoms with E-state index in [1.165, 1.54) is 13.4 Å². The Morgan fingerprint density at radius 1 is 1.64 bits per heavy atom. The van der Waals surface area contributed by atoms with Gasteiger partial charge in [0.25, 0.3) is 0 Å². The zero-order valence-corrected chi connectivity index (χ0v) is 8.08. The van der Waals surface area contributed by atoms with E-state index in [9.17, 15) is 4.79 Å². The van der Waals surface area contributed by atoms with E-state index in [4.69, 9.17) is 4.42 Å². The van der Waals surface area contributed by atoms with Crippen LogP contribution in [0.4, 0.5) is 0 Å². The smallest absolute Gasteiger partial charge is 0.341 e. The minimum Gasteiger partial charge on any atom is -0.471 e. The van der Waals surface area contributed by atoms with E-state index in [0.29, 0.717) is 5.56 Å². The zero-order valence-electron chi connectivity index (χ0n) is 8.08. The van der Waals surface area contributed by atoms with Crippen LogP contribution in [0.15, 0.2) is 16.9 Å². The minimum absolute atomic E-state index is 0.239. The van der Waals surface area contributed by atoms with Crippen LogP contribution in [0.5, 0.6) is 0 Å². The predicted octanol–water partition coefficient (Wildman–Crippen LogP) is 1.49. The molecule has 1 N–H and O–H groups in total. The molecule has 0 unspecified atom stereocenters. The number of furan rings is 1.